The molecule has 0 aliphatic rings. The van der Waals surface area contributed by atoms with E-state index in [1.54, 1.807) is 6.07 Å². The highest BCUT2D eigenvalue weighted by atomic mass is 32.2. The summed E-state index contributed by atoms with van der Waals surface area (Å²) in [5.41, 5.74) is 3.77. The van der Waals surface area contributed by atoms with Gasteiger partial charge < -0.3 is 5.11 Å². The molecule has 0 amide bonds. The van der Waals surface area contributed by atoms with Crippen LogP contribution in [0.4, 0.5) is 8.78 Å². The van der Waals surface area contributed by atoms with Gasteiger partial charge >= 0.3 is 0 Å². The van der Waals surface area contributed by atoms with E-state index in [0.717, 1.165) is 29.0 Å². The van der Waals surface area contributed by atoms with Crippen LogP contribution in [0.15, 0.2) is 59.5 Å². The van der Waals surface area contributed by atoms with Gasteiger partial charge in [0.2, 0.25) is 5.88 Å². The average molecular weight is 383 g/mol. The molecule has 0 atom stereocenters. The molecule has 2 aromatic carbocycles. The lowest BCUT2D eigenvalue weighted by molar-refractivity contribution is 0.434. The monoisotopic (exact) mass is 383 g/mol. The van der Waals surface area contributed by atoms with E-state index in [0.29, 0.717) is 17.0 Å². The number of rotatable bonds is 4. The summed E-state index contributed by atoms with van der Waals surface area (Å²) in [4.78, 5) is 4.68. The van der Waals surface area contributed by atoms with Crippen LogP contribution >= 0.6 is 11.8 Å². The molecule has 2 heterocycles. The Morgan fingerprint density at radius 3 is 2.70 bits per heavy atom. The molecule has 1 N–H and O–H groups in total. The van der Waals surface area contributed by atoms with E-state index < -0.39 is 11.6 Å². The Morgan fingerprint density at radius 1 is 1.07 bits per heavy atom. The Kier molecular flexibility index (Phi) is 4.53. The predicted molar refractivity (Wildman–Crippen MR) is 101 cm³/mol. The van der Waals surface area contributed by atoms with Crippen molar-refractivity contribution in [3.8, 4) is 17.1 Å². The van der Waals surface area contributed by atoms with Crippen LogP contribution in [0, 0.1) is 18.6 Å². The largest absolute Gasteiger partial charge is 0.493 e. The number of halogens is 2. The fourth-order valence-corrected chi connectivity index (χ4v) is 3.67. The smallest absolute Gasteiger partial charge is 0.215 e. The summed E-state index contributed by atoms with van der Waals surface area (Å²) in [6.07, 6.45) is 0. The number of hydrogen-bond donors (Lipinski definition) is 1. The van der Waals surface area contributed by atoms with Crippen LogP contribution in [0.5, 0.6) is 5.88 Å². The first-order valence-corrected chi connectivity index (χ1v) is 9.23. The Balaban J connectivity index is 1.65. The van der Waals surface area contributed by atoms with E-state index in [1.807, 2.05) is 31.2 Å². The number of aromatic hydroxyl groups is 1. The second kappa shape index (κ2) is 7.00. The van der Waals surface area contributed by atoms with Crippen molar-refractivity contribution in [2.45, 2.75) is 17.6 Å². The van der Waals surface area contributed by atoms with Crippen LogP contribution < -0.4 is 0 Å². The number of nitrogens with zero attached hydrogens (tertiary/aromatic N) is 3. The molecule has 0 bridgehead atoms. The van der Waals surface area contributed by atoms with Gasteiger partial charge in [0.1, 0.15) is 0 Å². The van der Waals surface area contributed by atoms with Gasteiger partial charge in [-0.3, -0.25) is 0 Å². The molecule has 2 aromatic heterocycles. The summed E-state index contributed by atoms with van der Waals surface area (Å²) < 4.78 is 28.5. The molecule has 4 aromatic rings. The molecule has 0 unspecified atom stereocenters. The number of aromatic nitrogens is 3. The summed E-state index contributed by atoms with van der Waals surface area (Å²) in [6.45, 7) is 1.99. The minimum Gasteiger partial charge on any atom is -0.493 e. The molecule has 0 aliphatic heterocycles. The van der Waals surface area contributed by atoms with E-state index in [-0.39, 0.29) is 16.5 Å². The molecule has 4 rings (SSSR count). The van der Waals surface area contributed by atoms with Crippen LogP contribution in [-0.2, 0) is 5.75 Å². The standard InChI is InChI=1S/C20H15F2N3OS/c1-12-5-2-3-6-14(12)16-10-18-23-13(9-19(26)25(18)24-16)11-27-17-8-4-7-15(21)20(17)22/h2-10,26H,11H2,1H3. The Bertz CT molecular complexity index is 1140. The van der Waals surface area contributed by atoms with Crippen LogP contribution in [0.25, 0.3) is 16.9 Å². The van der Waals surface area contributed by atoms with E-state index in [1.165, 1.54) is 22.7 Å². The number of fused-ring (bicyclic) bond motifs is 1. The molecule has 0 spiro atoms. The van der Waals surface area contributed by atoms with Crippen molar-refractivity contribution in [1.82, 2.24) is 14.6 Å². The maximum atomic E-state index is 13.8. The average Bonchev–Trinajstić information content (AvgIpc) is 3.08. The van der Waals surface area contributed by atoms with Gasteiger partial charge in [0.15, 0.2) is 17.3 Å². The van der Waals surface area contributed by atoms with Crippen LogP contribution in [0.2, 0.25) is 0 Å². The molecule has 0 fully saturated rings. The third-order valence-electron chi connectivity index (χ3n) is 4.17. The summed E-state index contributed by atoms with van der Waals surface area (Å²) >= 11 is 1.12. The van der Waals surface area contributed by atoms with Crippen molar-refractivity contribution in [3.63, 3.8) is 0 Å². The number of thioether (sulfide) groups is 1. The zero-order valence-corrected chi connectivity index (χ0v) is 15.2. The van der Waals surface area contributed by atoms with Crippen LogP contribution in [-0.4, -0.2) is 19.7 Å². The van der Waals surface area contributed by atoms with Crippen molar-refractivity contribution < 1.29 is 13.9 Å². The molecule has 4 nitrogen and oxygen atoms in total. The second-order valence-electron chi connectivity index (χ2n) is 6.06. The van der Waals surface area contributed by atoms with E-state index >= 15 is 0 Å². The van der Waals surface area contributed by atoms with Gasteiger partial charge in [-0.1, -0.05) is 30.3 Å². The zero-order valence-electron chi connectivity index (χ0n) is 14.4. The molecule has 7 heteroatoms. The van der Waals surface area contributed by atoms with Crippen molar-refractivity contribution in [2.75, 3.05) is 0 Å². The van der Waals surface area contributed by atoms with E-state index in [9.17, 15) is 13.9 Å². The maximum Gasteiger partial charge on any atom is 0.215 e. The third kappa shape index (κ3) is 3.38. The first-order valence-electron chi connectivity index (χ1n) is 8.24. The van der Waals surface area contributed by atoms with Gasteiger partial charge in [0.05, 0.1) is 11.4 Å². The van der Waals surface area contributed by atoms with Crippen LogP contribution in [0.3, 0.4) is 0 Å². The molecule has 0 saturated carbocycles. The fraction of sp³-hybridized carbons (Fsp3) is 0.100. The van der Waals surface area contributed by atoms with Gasteiger partial charge in [-0.25, -0.2) is 13.8 Å². The number of aryl methyl sites for hydroxylation is 1. The highest BCUT2D eigenvalue weighted by Gasteiger charge is 2.13. The summed E-state index contributed by atoms with van der Waals surface area (Å²) in [5.74, 6) is -1.53. The van der Waals surface area contributed by atoms with Crippen molar-refractivity contribution in [2.24, 2.45) is 0 Å². The summed E-state index contributed by atoms with van der Waals surface area (Å²) in [7, 11) is 0. The summed E-state index contributed by atoms with van der Waals surface area (Å²) in [5, 5.41) is 14.7. The van der Waals surface area contributed by atoms with Crippen LogP contribution in [0.1, 0.15) is 11.3 Å². The Hall–Kier alpha value is -2.93. The maximum absolute atomic E-state index is 13.8. The molecule has 0 radical (unpaired) electrons. The number of benzene rings is 2. The molecule has 27 heavy (non-hydrogen) atoms. The molecular weight excluding hydrogens is 368 g/mol. The van der Waals surface area contributed by atoms with Gasteiger partial charge in [0.25, 0.3) is 0 Å². The highest BCUT2D eigenvalue weighted by molar-refractivity contribution is 7.98. The van der Waals surface area contributed by atoms with E-state index in [2.05, 4.69) is 10.1 Å². The SMILES string of the molecule is Cc1ccccc1-c1cc2nc(CSc3cccc(F)c3F)cc(O)n2n1. The quantitative estimate of drug-likeness (QED) is 0.505. The minimum absolute atomic E-state index is 0.0600. The first kappa shape index (κ1) is 17.5. The van der Waals surface area contributed by atoms with Crippen molar-refractivity contribution in [3.05, 3.63) is 77.5 Å². The Labute approximate surface area is 158 Å². The van der Waals surface area contributed by atoms with Gasteiger partial charge in [-0.05, 0) is 24.6 Å². The Morgan fingerprint density at radius 2 is 1.89 bits per heavy atom. The van der Waals surface area contributed by atoms with Gasteiger partial charge in [-0.2, -0.15) is 9.61 Å². The minimum atomic E-state index is -0.884. The molecule has 0 saturated heterocycles. The second-order valence-corrected chi connectivity index (χ2v) is 7.08. The predicted octanol–water partition coefficient (Wildman–Crippen LogP) is 4.98. The van der Waals surface area contributed by atoms with Gasteiger partial charge in [0, 0.05) is 28.3 Å². The normalized spacial score (nSPS) is 11.2. The third-order valence-corrected chi connectivity index (χ3v) is 5.24. The molecular formula is C20H15F2N3OS. The van der Waals surface area contributed by atoms with Gasteiger partial charge in [-0.15, -0.1) is 11.8 Å². The molecule has 0 aliphatic carbocycles. The summed E-state index contributed by atoms with van der Waals surface area (Å²) in [6, 6.07) is 15.1. The van der Waals surface area contributed by atoms with Crippen molar-refractivity contribution in [1.29, 1.82) is 0 Å². The molecule has 136 valence electrons. The van der Waals surface area contributed by atoms with Crippen molar-refractivity contribution >= 4 is 17.4 Å². The number of hydrogen-bond acceptors (Lipinski definition) is 4. The highest BCUT2D eigenvalue weighted by Crippen LogP contribution is 2.29. The lowest BCUT2D eigenvalue weighted by atomic mass is 10.1. The van der Waals surface area contributed by atoms with E-state index in [4.69, 9.17) is 0 Å². The topological polar surface area (TPSA) is 50.4 Å². The first-order chi connectivity index (χ1) is 13.0. The fourth-order valence-electron chi connectivity index (χ4n) is 2.82. The zero-order chi connectivity index (χ0) is 19.0. The lowest BCUT2D eigenvalue weighted by Crippen LogP contribution is -1.96. The lowest BCUT2D eigenvalue weighted by Gasteiger charge is -2.05.